The van der Waals surface area contributed by atoms with E-state index in [1.165, 1.54) is 10.9 Å². The van der Waals surface area contributed by atoms with Crippen molar-refractivity contribution in [3.63, 3.8) is 0 Å². The van der Waals surface area contributed by atoms with Crippen LogP contribution in [0.3, 0.4) is 0 Å². The van der Waals surface area contributed by atoms with Crippen molar-refractivity contribution in [2.75, 3.05) is 6.61 Å². The number of aromatic nitrogens is 2. The first-order valence-electron chi connectivity index (χ1n) is 5.57. The maximum Gasteiger partial charge on any atom is 0.341 e. The van der Waals surface area contributed by atoms with Crippen molar-refractivity contribution < 1.29 is 9.53 Å². The first-order valence-corrected chi connectivity index (χ1v) is 5.95. The zero-order valence-corrected chi connectivity index (χ0v) is 10.9. The molecule has 0 aliphatic heterocycles. The first-order chi connectivity index (χ1) is 9.15. The van der Waals surface area contributed by atoms with E-state index < -0.39 is 5.97 Å². The quantitative estimate of drug-likeness (QED) is 0.808. The minimum atomic E-state index is -0.423. The second-order valence-corrected chi connectivity index (χ2v) is 4.08. The summed E-state index contributed by atoms with van der Waals surface area (Å²) in [6.07, 6.45) is 2.97. The Morgan fingerprint density at radius 2 is 2.37 bits per heavy atom. The molecule has 0 radical (unpaired) electrons. The van der Waals surface area contributed by atoms with E-state index >= 15 is 0 Å². The second-order valence-electron chi connectivity index (χ2n) is 3.67. The zero-order chi connectivity index (χ0) is 13.8. The number of nitriles is 1. The number of benzene rings is 1. The van der Waals surface area contributed by atoms with Crippen LogP contribution < -0.4 is 0 Å². The van der Waals surface area contributed by atoms with E-state index in [0.717, 1.165) is 0 Å². The molecule has 96 valence electrons. The lowest BCUT2D eigenvalue weighted by Gasteiger charge is -2.02. The molecule has 0 unspecified atom stereocenters. The van der Waals surface area contributed by atoms with E-state index in [2.05, 4.69) is 5.10 Å². The molecule has 0 bridgehead atoms. The van der Waals surface area contributed by atoms with E-state index in [1.807, 2.05) is 6.07 Å². The van der Waals surface area contributed by atoms with Gasteiger partial charge in [-0.25, -0.2) is 9.48 Å². The maximum atomic E-state index is 11.5. The third-order valence-corrected chi connectivity index (χ3v) is 2.74. The third-order valence-electron chi connectivity index (χ3n) is 2.43. The molecular weight excluding hydrogens is 266 g/mol. The molecule has 19 heavy (non-hydrogen) atoms. The minimum Gasteiger partial charge on any atom is -0.462 e. The Labute approximate surface area is 115 Å². The number of hydrogen-bond donors (Lipinski definition) is 0. The SMILES string of the molecule is CCOC(=O)c1cnn(-c2ccc(C#N)c(Cl)c2)c1. The van der Waals surface area contributed by atoms with Crippen molar-refractivity contribution >= 4 is 17.6 Å². The van der Waals surface area contributed by atoms with Crippen LogP contribution in [0.2, 0.25) is 5.02 Å². The van der Waals surface area contributed by atoms with Gasteiger partial charge in [-0.1, -0.05) is 11.6 Å². The summed E-state index contributed by atoms with van der Waals surface area (Å²) in [5, 5.41) is 13.2. The second kappa shape index (κ2) is 5.55. The van der Waals surface area contributed by atoms with E-state index in [4.69, 9.17) is 21.6 Å². The summed E-state index contributed by atoms with van der Waals surface area (Å²) < 4.78 is 6.38. The van der Waals surface area contributed by atoms with Gasteiger partial charge < -0.3 is 4.74 Å². The van der Waals surface area contributed by atoms with Gasteiger partial charge in [0.25, 0.3) is 0 Å². The Kier molecular flexibility index (Phi) is 3.83. The number of esters is 1. The number of carbonyl (C=O) groups is 1. The molecule has 0 spiro atoms. The number of halogens is 1. The molecule has 0 aliphatic rings. The third kappa shape index (κ3) is 2.75. The maximum absolute atomic E-state index is 11.5. The minimum absolute atomic E-state index is 0.312. The molecular formula is C13H10ClN3O2. The van der Waals surface area contributed by atoms with Crippen LogP contribution in [-0.2, 0) is 4.74 Å². The average molecular weight is 276 g/mol. The molecule has 5 nitrogen and oxygen atoms in total. The lowest BCUT2D eigenvalue weighted by molar-refractivity contribution is 0.0526. The molecule has 0 aliphatic carbocycles. The summed E-state index contributed by atoms with van der Waals surface area (Å²) in [4.78, 5) is 11.5. The van der Waals surface area contributed by atoms with Gasteiger partial charge in [-0.05, 0) is 25.1 Å². The molecule has 0 fully saturated rings. The van der Waals surface area contributed by atoms with Gasteiger partial charge in [-0.3, -0.25) is 0 Å². The Morgan fingerprint density at radius 1 is 1.58 bits per heavy atom. The monoisotopic (exact) mass is 275 g/mol. The average Bonchev–Trinajstić information content (AvgIpc) is 2.88. The van der Waals surface area contributed by atoms with Crippen LogP contribution in [0.25, 0.3) is 5.69 Å². The fourth-order valence-electron chi connectivity index (χ4n) is 1.52. The van der Waals surface area contributed by atoms with Crippen LogP contribution in [0.4, 0.5) is 0 Å². The molecule has 0 atom stereocenters. The molecule has 2 rings (SSSR count). The van der Waals surface area contributed by atoms with Gasteiger partial charge in [0.2, 0.25) is 0 Å². The zero-order valence-electron chi connectivity index (χ0n) is 10.1. The summed E-state index contributed by atoms with van der Waals surface area (Å²) >= 11 is 5.94. The van der Waals surface area contributed by atoms with E-state index in [-0.39, 0.29) is 0 Å². The summed E-state index contributed by atoms with van der Waals surface area (Å²) in [5.41, 5.74) is 1.42. The molecule has 1 aromatic heterocycles. The predicted octanol–water partition coefficient (Wildman–Crippen LogP) is 2.57. The van der Waals surface area contributed by atoms with Gasteiger partial charge in [0.1, 0.15) is 6.07 Å². The van der Waals surface area contributed by atoms with Gasteiger partial charge in [-0.2, -0.15) is 10.4 Å². The smallest absolute Gasteiger partial charge is 0.341 e. The first kappa shape index (κ1) is 13.1. The number of carbonyl (C=O) groups excluding carboxylic acids is 1. The van der Waals surface area contributed by atoms with Crippen molar-refractivity contribution in [3.8, 4) is 11.8 Å². The number of hydrogen-bond acceptors (Lipinski definition) is 4. The highest BCUT2D eigenvalue weighted by Gasteiger charge is 2.10. The van der Waals surface area contributed by atoms with Crippen LogP contribution in [0.1, 0.15) is 22.8 Å². The van der Waals surface area contributed by atoms with Crippen molar-refractivity contribution in [3.05, 3.63) is 46.7 Å². The van der Waals surface area contributed by atoms with Crippen molar-refractivity contribution in [1.82, 2.24) is 9.78 Å². The van der Waals surface area contributed by atoms with Gasteiger partial charge in [0, 0.05) is 6.20 Å². The van der Waals surface area contributed by atoms with E-state index in [1.54, 1.807) is 31.3 Å². The molecule has 0 saturated heterocycles. The summed E-state index contributed by atoms with van der Waals surface area (Å²) in [7, 11) is 0. The van der Waals surface area contributed by atoms with Crippen LogP contribution >= 0.6 is 11.6 Å². The predicted molar refractivity (Wildman–Crippen MR) is 69.2 cm³/mol. The van der Waals surface area contributed by atoms with Crippen LogP contribution in [-0.4, -0.2) is 22.4 Å². The largest absolute Gasteiger partial charge is 0.462 e. The molecule has 0 amide bonds. The number of rotatable bonds is 3. The highest BCUT2D eigenvalue weighted by Crippen LogP contribution is 2.19. The van der Waals surface area contributed by atoms with Gasteiger partial charge >= 0.3 is 5.97 Å². The fraction of sp³-hybridized carbons (Fsp3) is 0.154. The topological polar surface area (TPSA) is 67.9 Å². The van der Waals surface area contributed by atoms with Crippen LogP contribution in [0.5, 0.6) is 0 Å². The number of nitrogens with zero attached hydrogens (tertiary/aromatic N) is 3. The summed E-state index contributed by atoms with van der Waals surface area (Å²) in [6.45, 7) is 2.05. The molecule has 0 saturated carbocycles. The van der Waals surface area contributed by atoms with Crippen molar-refractivity contribution in [2.24, 2.45) is 0 Å². The standard InChI is InChI=1S/C13H10ClN3O2/c1-2-19-13(18)10-7-16-17(8-10)11-4-3-9(6-15)12(14)5-11/h3-5,7-8H,2H2,1H3. The lowest BCUT2D eigenvalue weighted by atomic mass is 10.2. The van der Waals surface area contributed by atoms with Crippen molar-refractivity contribution in [1.29, 1.82) is 5.26 Å². The molecule has 1 heterocycles. The normalized spacial score (nSPS) is 9.95. The molecule has 2 aromatic rings. The van der Waals surface area contributed by atoms with Crippen molar-refractivity contribution in [2.45, 2.75) is 6.92 Å². The van der Waals surface area contributed by atoms with Crippen LogP contribution in [0, 0.1) is 11.3 Å². The fourth-order valence-corrected chi connectivity index (χ4v) is 1.74. The van der Waals surface area contributed by atoms with Gasteiger partial charge in [0.15, 0.2) is 0 Å². The Bertz CT molecular complexity index is 658. The Morgan fingerprint density at radius 3 is 3.00 bits per heavy atom. The highest BCUT2D eigenvalue weighted by molar-refractivity contribution is 6.31. The Balaban J connectivity index is 2.31. The molecule has 1 aromatic carbocycles. The van der Waals surface area contributed by atoms with Gasteiger partial charge in [-0.15, -0.1) is 0 Å². The van der Waals surface area contributed by atoms with Crippen LogP contribution in [0.15, 0.2) is 30.6 Å². The summed E-state index contributed by atoms with van der Waals surface area (Å²) in [6, 6.07) is 6.89. The lowest BCUT2D eigenvalue weighted by Crippen LogP contribution is -2.03. The number of ether oxygens (including phenoxy) is 1. The highest BCUT2D eigenvalue weighted by atomic mass is 35.5. The van der Waals surface area contributed by atoms with Gasteiger partial charge in [0.05, 0.1) is 34.6 Å². The summed E-state index contributed by atoms with van der Waals surface area (Å²) in [5.74, 6) is -0.423. The molecule has 0 N–H and O–H groups in total. The van der Waals surface area contributed by atoms with E-state index in [0.29, 0.717) is 28.4 Å². The Hall–Kier alpha value is -2.32. The van der Waals surface area contributed by atoms with E-state index in [9.17, 15) is 4.79 Å². The molecule has 6 heteroatoms.